The zero-order chi connectivity index (χ0) is 21.4. The monoisotopic (exact) mass is 402 g/mol. The summed E-state index contributed by atoms with van der Waals surface area (Å²) in [5.74, 6) is 0.0293. The molecule has 0 radical (unpaired) electrons. The van der Waals surface area contributed by atoms with Crippen LogP contribution in [0.3, 0.4) is 0 Å². The second kappa shape index (κ2) is 6.26. The van der Waals surface area contributed by atoms with Crippen LogP contribution in [0.4, 0.5) is 0 Å². The van der Waals surface area contributed by atoms with Gasteiger partial charge in [-0.1, -0.05) is 6.92 Å². The van der Waals surface area contributed by atoms with Gasteiger partial charge in [0.25, 0.3) is 0 Å². The van der Waals surface area contributed by atoms with E-state index >= 15 is 0 Å². The van der Waals surface area contributed by atoms with Crippen LogP contribution in [-0.2, 0) is 19.1 Å². The van der Waals surface area contributed by atoms with Gasteiger partial charge in [0, 0.05) is 12.8 Å². The van der Waals surface area contributed by atoms with Gasteiger partial charge in [-0.05, 0) is 88.7 Å². The fourth-order valence-corrected chi connectivity index (χ4v) is 6.72. The minimum atomic E-state index is -1.06. The van der Waals surface area contributed by atoms with Crippen LogP contribution in [-0.4, -0.2) is 34.3 Å². The first-order chi connectivity index (χ1) is 13.3. The molecule has 0 heterocycles. The van der Waals surface area contributed by atoms with E-state index in [4.69, 9.17) is 4.74 Å². The molecule has 0 aromatic rings. The van der Waals surface area contributed by atoms with Gasteiger partial charge in [-0.25, -0.2) is 0 Å². The quantitative estimate of drug-likeness (QED) is 0.675. The van der Waals surface area contributed by atoms with Crippen molar-refractivity contribution in [2.24, 2.45) is 28.1 Å². The maximum atomic E-state index is 12.7. The molecule has 3 saturated carbocycles. The molecule has 4 aliphatic rings. The van der Waals surface area contributed by atoms with Crippen LogP contribution in [0.25, 0.3) is 0 Å². The Bertz CT molecular complexity index is 805. The number of ether oxygens (including phenoxy) is 1. The lowest BCUT2D eigenvalue weighted by Crippen LogP contribution is -2.63. The lowest BCUT2D eigenvalue weighted by Gasteiger charge is -2.61. The molecule has 0 aromatic heterocycles. The van der Waals surface area contributed by atoms with Crippen molar-refractivity contribution in [2.75, 3.05) is 0 Å². The van der Waals surface area contributed by atoms with E-state index in [2.05, 4.69) is 6.92 Å². The Labute approximate surface area is 173 Å². The van der Waals surface area contributed by atoms with Crippen molar-refractivity contribution in [1.29, 1.82) is 0 Å². The second-order valence-corrected chi connectivity index (χ2v) is 11.3. The average molecular weight is 403 g/mol. The van der Waals surface area contributed by atoms with Crippen LogP contribution in [0.2, 0.25) is 0 Å². The molecule has 0 spiro atoms. The Morgan fingerprint density at radius 1 is 1.10 bits per heavy atom. The summed E-state index contributed by atoms with van der Waals surface area (Å²) in [6, 6.07) is 0. The summed E-state index contributed by atoms with van der Waals surface area (Å²) < 4.78 is 5.99. The third-order valence-electron chi connectivity index (χ3n) is 8.72. The number of aliphatic hydroxyl groups is 1. The third kappa shape index (κ3) is 2.79. The molecule has 0 amide bonds. The van der Waals surface area contributed by atoms with E-state index in [0.717, 1.165) is 12.0 Å². The van der Waals surface area contributed by atoms with E-state index in [1.54, 1.807) is 6.08 Å². The van der Waals surface area contributed by atoms with Crippen LogP contribution < -0.4 is 0 Å². The molecule has 4 aliphatic carbocycles. The highest BCUT2D eigenvalue weighted by Crippen LogP contribution is 2.66. The van der Waals surface area contributed by atoms with Gasteiger partial charge in [-0.3, -0.25) is 14.4 Å². The predicted molar refractivity (Wildman–Crippen MR) is 108 cm³/mol. The lowest BCUT2D eigenvalue weighted by molar-refractivity contribution is -0.194. The summed E-state index contributed by atoms with van der Waals surface area (Å²) in [4.78, 5) is 37.7. The van der Waals surface area contributed by atoms with Crippen molar-refractivity contribution < 1.29 is 24.2 Å². The third-order valence-corrected chi connectivity index (χ3v) is 8.72. The highest BCUT2D eigenvalue weighted by Gasteiger charge is 2.68. The van der Waals surface area contributed by atoms with Gasteiger partial charge in [0.05, 0.1) is 16.4 Å². The van der Waals surface area contributed by atoms with Crippen LogP contribution in [0, 0.1) is 28.1 Å². The summed E-state index contributed by atoms with van der Waals surface area (Å²) in [6.07, 6.45) is 5.32. The Morgan fingerprint density at radius 2 is 1.79 bits per heavy atom. The Kier molecular flexibility index (Phi) is 4.48. The average Bonchev–Trinajstić information content (AvgIpc) is 2.87. The summed E-state index contributed by atoms with van der Waals surface area (Å²) in [5.41, 5.74) is -1.79. The summed E-state index contributed by atoms with van der Waals surface area (Å²) in [7, 11) is 0. The molecule has 1 N–H and O–H groups in total. The number of ketones is 2. The number of hydrogen-bond acceptors (Lipinski definition) is 5. The van der Waals surface area contributed by atoms with E-state index in [1.165, 1.54) is 0 Å². The summed E-state index contributed by atoms with van der Waals surface area (Å²) in [5, 5.41) is 11.9. The van der Waals surface area contributed by atoms with E-state index in [-0.39, 0.29) is 34.8 Å². The number of fused-ring (bicyclic) bond motifs is 5. The van der Waals surface area contributed by atoms with Crippen molar-refractivity contribution in [3.8, 4) is 0 Å². The molecule has 0 aromatic carbocycles. The normalized spacial score (nSPS) is 44.5. The molecule has 0 bridgehead atoms. The maximum Gasteiger partial charge on any atom is 0.311 e. The van der Waals surface area contributed by atoms with Gasteiger partial charge in [-0.2, -0.15) is 0 Å². The number of hydrogen-bond donors (Lipinski definition) is 1. The first-order valence-corrected chi connectivity index (χ1v) is 11.0. The minimum absolute atomic E-state index is 0.0862. The van der Waals surface area contributed by atoms with Crippen molar-refractivity contribution in [3.05, 3.63) is 11.6 Å². The van der Waals surface area contributed by atoms with E-state index < -0.39 is 22.5 Å². The zero-order valence-electron chi connectivity index (χ0n) is 18.3. The largest absolute Gasteiger partial charge is 0.457 e. The number of Topliss-reactive ketones (excluding diaryl/α,β-unsaturated/α-hetero) is 1. The van der Waals surface area contributed by atoms with Gasteiger partial charge in [0.1, 0.15) is 11.9 Å². The molecule has 0 aliphatic heterocycles. The van der Waals surface area contributed by atoms with E-state index in [0.29, 0.717) is 38.5 Å². The van der Waals surface area contributed by atoms with Crippen molar-refractivity contribution >= 4 is 17.5 Å². The zero-order valence-corrected chi connectivity index (χ0v) is 18.3. The topological polar surface area (TPSA) is 80.7 Å². The highest BCUT2D eigenvalue weighted by atomic mass is 16.5. The Hall–Kier alpha value is -1.49. The molecule has 4 rings (SSSR count). The number of carbonyl (C=O) groups is 3. The molecule has 0 saturated heterocycles. The van der Waals surface area contributed by atoms with Gasteiger partial charge >= 0.3 is 5.97 Å². The molecule has 3 fully saturated rings. The fraction of sp³-hybridized carbons (Fsp3) is 0.792. The molecule has 160 valence electrons. The SMILES string of the molecule is CC(C)(C)C(=O)OC1C[C@@H]2[C@@H](CC[C@]3(C)C(=O)CC[C@@]23O)[C@@]2(C)CCC(=O)C=C12. The van der Waals surface area contributed by atoms with Crippen molar-refractivity contribution in [2.45, 2.75) is 91.3 Å². The second-order valence-electron chi connectivity index (χ2n) is 11.3. The first kappa shape index (κ1) is 20.8. The van der Waals surface area contributed by atoms with Crippen LogP contribution >= 0.6 is 0 Å². The summed E-state index contributed by atoms with van der Waals surface area (Å²) in [6.45, 7) is 9.56. The molecule has 5 heteroatoms. The van der Waals surface area contributed by atoms with Crippen molar-refractivity contribution in [1.82, 2.24) is 0 Å². The molecule has 5 nitrogen and oxygen atoms in total. The lowest BCUT2D eigenvalue weighted by atomic mass is 9.45. The van der Waals surface area contributed by atoms with E-state index in [9.17, 15) is 19.5 Å². The summed E-state index contributed by atoms with van der Waals surface area (Å²) >= 11 is 0. The molecule has 29 heavy (non-hydrogen) atoms. The fourth-order valence-electron chi connectivity index (χ4n) is 6.72. The maximum absolute atomic E-state index is 12.7. The van der Waals surface area contributed by atoms with Crippen LogP contribution in [0.15, 0.2) is 11.6 Å². The van der Waals surface area contributed by atoms with Crippen molar-refractivity contribution in [3.63, 3.8) is 0 Å². The predicted octanol–water partition coefficient (Wildman–Crippen LogP) is 3.77. The van der Waals surface area contributed by atoms with Gasteiger partial charge in [-0.15, -0.1) is 0 Å². The minimum Gasteiger partial charge on any atom is -0.457 e. The van der Waals surface area contributed by atoms with Gasteiger partial charge < -0.3 is 9.84 Å². The number of rotatable bonds is 1. The Balaban J connectivity index is 1.77. The van der Waals surface area contributed by atoms with Gasteiger partial charge in [0.15, 0.2) is 5.78 Å². The standard InChI is InChI=1S/C24H34O5/c1-21(2,3)20(27)29-18-13-16-15(22(4)9-6-14(25)12-17(18)22)7-10-23(5)19(26)8-11-24(16,23)28/h12,15-16,18,28H,6-11,13H2,1-5H3/t15-,16-,18?,22-,23-,24-/m1/s1. The Morgan fingerprint density at radius 3 is 2.45 bits per heavy atom. The molecular weight excluding hydrogens is 368 g/mol. The smallest absolute Gasteiger partial charge is 0.311 e. The number of esters is 1. The van der Waals surface area contributed by atoms with Crippen LogP contribution in [0.1, 0.15) is 79.6 Å². The van der Waals surface area contributed by atoms with Gasteiger partial charge in [0.2, 0.25) is 0 Å². The molecular formula is C24H34O5. The van der Waals surface area contributed by atoms with Crippen LogP contribution in [0.5, 0.6) is 0 Å². The first-order valence-electron chi connectivity index (χ1n) is 11.0. The molecule has 1 unspecified atom stereocenters. The van der Waals surface area contributed by atoms with E-state index in [1.807, 2.05) is 27.7 Å². The highest BCUT2D eigenvalue weighted by molar-refractivity contribution is 5.92. The number of carbonyl (C=O) groups excluding carboxylic acids is 3. The molecule has 6 atom stereocenters.